The lowest BCUT2D eigenvalue weighted by Gasteiger charge is -2.03. The van der Waals surface area contributed by atoms with E-state index in [1.165, 1.54) is 22.3 Å². The highest BCUT2D eigenvalue weighted by Gasteiger charge is 2.34. The van der Waals surface area contributed by atoms with Gasteiger partial charge in [-0.05, 0) is 24.3 Å². The molecule has 7 aromatic rings. The molecule has 5 heterocycles. The van der Waals surface area contributed by atoms with Crippen molar-refractivity contribution in [1.29, 1.82) is 0 Å². The number of nitrogens with one attached hydrogen (secondary N) is 3. The third-order valence-corrected chi connectivity index (χ3v) is 8.65. The van der Waals surface area contributed by atoms with Crippen molar-refractivity contribution in [3.05, 3.63) is 143 Å². The minimum Gasteiger partial charge on any atom is -0.361 e. The van der Waals surface area contributed by atoms with Crippen LogP contribution in [0.2, 0.25) is 0 Å². The van der Waals surface area contributed by atoms with E-state index in [4.69, 9.17) is 9.98 Å². The Bertz CT molecular complexity index is 2390. The number of imide groups is 1. The zero-order chi connectivity index (χ0) is 30.1. The van der Waals surface area contributed by atoms with Gasteiger partial charge in [0.05, 0.1) is 33.2 Å². The van der Waals surface area contributed by atoms with Gasteiger partial charge in [-0.25, -0.2) is 9.98 Å². The van der Waals surface area contributed by atoms with Crippen molar-refractivity contribution in [2.75, 3.05) is 0 Å². The normalized spacial score (nSPS) is 13.9. The van der Waals surface area contributed by atoms with E-state index >= 15 is 0 Å². The zero-order valence-corrected chi connectivity index (χ0v) is 23.8. The van der Waals surface area contributed by atoms with Crippen molar-refractivity contribution in [3.8, 4) is 22.3 Å². The fraction of sp³-hybridized carbons (Fsp3) is 0. The molecule has 45 heavy (non-hydrogen) atoms. The van der Waals surface area contributed by atoms with Gasteiger partial charge in [0.25, 0.3) is 11.8 Å². The van der Waals surface area contributed by atoms with Gasteiger partial charge in [-0.2, -0.15) is 0 Å². The van der Waals surface area contributed by atoms with Crippen LogP contribution in [-0.4, -0.2) is 21.8 Å². The Balaban J connectivity index is 0.000000128. The van der Waals surface area contributed by atoms with E-state index in [1.807, 2.05) is 60.7 Å². The Hall–Kier alpha value is -6.34. The SMILES string of the molecule is O=C1NC(=O)C(c2c[nH]c3ccccc23)=C1c1c[nH]c2ccccc12.c1ccc2c(c1)N=c1c-2ccc2c1=Nc1ccccc1-2. The van der Waals surface area contributed by atoms with Crippen LogP contribution in [-0.2, 0) is 9.59 Å². The van der Waals surface area contributed by atoms with Gasteiger partial charge in [0, 0.05) is 67.6 Å². The fourth-order valence-electron chi connectivity index (χ4n) is 6.61. The summed E-state index contributed by atoms with van der Waals surface area (Å²) in [7, 11) is 0. The number of fused-ring (bicyclic) bond motifs is 9. The highest BCUT2D eigenvalue weighted by atomic mass is 16.2. The smallest absolute Gasteiger partial charge is 0.259 e. The van der Waals surface area contributed by atoms with Crippen molar-refractivity contribution in [2.24, 2.45) is 9.98 Å². The Morgan fingerprint density at radius 1 is 0.422 bits per heavy atom. The lowest BCUT2D eigenvalue weighted by molar-refractivity contribution is -0.122. The summed E-state index contributed by atoms with van der Waals surface area (Å²) in [5.74, 6) is -0.731. The number of amides is 2. The molecule has 0 saturated heterocycles. The molecule has 0 atom stereocenters. The Morgan fingerprint density at radius 2 is 0.844 bits per heavy atom. The van der Waals surface area contributed by atoms with Gasteiger partial charge in [-0.15, -0.1) is 0 Å². The van der Waals surface area contributed by atoms with Crippen LogP contribution in [0.3, 0.4) is 0 Å². The van der Waals surface area contributed by atoms with E-state index in [2.05, 4.69) is 63.8 Å². The van der Waals surface area contributed by atoms with Crippen molar-refractivity contribution in [3.63, 3.8) is 0 Å². The van der Waals surface area contributed by atoms with Gasteiger partial charge < -0.3 is 9.97 Å². The number of para-hydroxylation sites is 4. The highest BCUT2D eigenvalue weighted by Crippen LogP contribution is 2.38. The van der Waals surface area contributed by atoms with Crippen LogP contribution in [0.4, 0.5) is 11.4 Å². The predicted molar refractivity (Wildman–Crippen MR) is 176 cm³/mol. The molecule has 0 saturated carbocycles. The van der Waals surface area contributed by atoms with Gasteiger partial charge in [0.2, 0.25) is 0 Å². The van der Waals surface area contributed by atoms with Gasteiger partial charge in [-0.1, -0.05) is 84.9 Å². The predicted octanol–water partition coefficient (Wildman–Crippen LogP) is 6.77. The quantitative estimate of drug-likeness (QED) is 0.196. The summed E-state index contributed by atoms with van der Waals surface area (Å²) in [4.78, 5) is 41.0. The van der Waals surface area contributed by atoms with Crippen LogP contribution >= 0.6 is 0 Å². The third kappa shape index (κ3) is 3.77. The van der Waals surface area contributed by atoms with Crippen LogP contribution in [0.5, 0.6) is 0 Å². The molecule has 3 N–H and O–H groups in total. The Labute approximate surface area is 256 Å². The summed E-state index contributed by atoms with van der Waals surface area (Å²) in [6.45, 7) is 0. The van der Waals surface area contributed by atoms with Crippen LogP contribution < -0.4 is 16.0 Å². The Kier molecular flexibility index (Phi) is 5.37. The molecule has 0 aliphatic carbocycles. The average molecular weight is 582 g/mol. The lowest BCUT2D eigenvalue weighted by Crippen LogP contribution is -2.25. The molecule has 0 unspecified atom stereocenters. The van der Waals surface area contributed by atoms with Crippen LogP contribution in [0.15, 0.2) is 132 Å². The van der Waals surface area contributed by atoms with E-state index in [1.54, 1.807) is 12.4 Å². The van der Waals surface area contributed by atoms with Crippen LogP contribution in [0.25, 0.3) is 55.2 Å². The third-order valence-electron chi connectivity index (χ3n) is 8.65. The molecule has 3 aliphatic heterocycles. The molecule has 2 aromatic heterocycles. The molecule has 10 rings (SSSR count). The first-order chi connectivity index (χ1) is 22.2. The molecule has 7 nitrogen and oxygen atoms in total. The van der Waals surface area contributed by atoms with E-state index in [0.717, 1.165) is 55.0 Å². The molecule has 7 heteroatoms. The van der Waals surface area contributed by atoms with Gasteiger partial charge in [0.1, 0.15) is 0 Å². The molecule has 212 valence electrons. The molecule has 0 radical (unpaired) electrons. The number of benzene rings is 5. The van der Waals surface area contributed by atoms with E-state index < -0.39 is 0 Å². The number of hydrogen-bond donors (Lipinski definition) is 3. The summed E-state index contributed by atoms with van der Waals surface area (Å²) in [5, 5.41) is 6.30. The molecule has 5 aromatic carbocycles. The summed E-state index contributed by atoms with van der Waals surface area (Å²) in [6, 6.07) is 36.3. The summed E-state index contributed by atoms with van der Waals surface area (Å²) in [5.41, 5.74) is 11.0. The van der Waals surface area contributed by atoms with Crippen LogP contribution in [0.1, 0.15) is 11.1 Å². The number of carbonyl (C=O) groups is 2. The first kappa shape index (κ1) is 25.2. The van der Waals surface area contributed by atoms with Gasteiger partial charge >= 0.3 is 0 Å². The number of carbonyl (C=O) groups excluding carboxylic acids is 2. The monoisotopic (exact) mass is 581 g/mol. The van der Waals surface area contributed by atoms with E-state index in [9.17, 15) is 9.59 Å². The van der Waals surface area contributed by atoms with Gasteiger partial charge in [0.15, 0.2) is 0 Å². The molecule has 0 fully saturated rings. The lowest BCUT2D eigenvalue weighted by atomic mass is 9.95. The number of H-pyrrole nitrogens is 2. The van der Waals surface area contributed by atoms with E-state index in [0.29, 0.717) is 11.1 Å². The first-order valence-electron chi connectivity index (χ1n) is 14.7. The largest absolute Gasteiger partial charge is 0.361 e. The molecule has 3 aliphatic rings. The average Bonchev–Trinajstić information content (AvgIpc) is 3.89. The Morgan fingerprint density at radius 3 is 1.33 bits per heavy atom. The second-order valence-corrected chi connectivity index (χ2v) is 11.1. The maximum absolute atomic E-state index is 12.6. The van der Waals surface area contributed by atoms with E-state index in [-0.39, 0.29) is 11.8 Å². The van der Waals surface area contributed by atoms with Crippen molar-refractivity contribution < 1.29 is 9.59 Å². The molecular weight excluding hydrogens is 558 g/mol. The van der Waals surface area contributed by atoms with Crippen LogP contribution in [0, 0.1) is 0 Å². The topological polar surface area (TPSA) is 102 Å². The van der Waals surface area contributed by atoms with Gasteiger partial charge in [-0.3, -0.25) is 14.9 Å². The summed E-state index contributed by atoms with van der Waals surface area (Å²) >= 11 is 0. The maximum atomic E-state index is 12.6. The number of nitrogens with zero attached hydrogens (tertiary/aromatic N) is 2. The standard InChI is InChI=1S/C20H13N3O2.C18H10N2/c24-19-17(13-9-21-15-7-3-1-5-11(13)15)18(20(25)23-19)14-10-22-16-8-4-2-6-12(14)16;1-3-7-15-11(5-1)13-9-10-14-12-6-2-4-8-16(12)20-18(14)17(13)19-15/h1-10,21-22H,(H,23,24,25);1-10H. The molecule has 2 amide bonds. The minimum atomic E-state index is -0.366. The minimum absolute atomic E-state index is 0.366. The van der Waals surface area contributed by atoms with Crippen molar-refractivity contribution >= 4 is 56.1 Å². The number of hydrogen-bond acceptors (Lipinski definition) is 4. The maximum Gasteiger partial charge on any atom is 0.259 e. The summed E-state index contributed by atoms with van der Waals surface area (Å²) in [6.07, 6.45) is 3.57. The molecule has 0 spiro atoms. The van der Waals surface area contributed by atoms with Crippen molar-refractivity contribution in [1.82, 2.24) is 15.3 Å². The molecule has 0 bridgehead atoms. The number of aromatic amines is 2. The highest BCUT2D eigenvalue weighted by molar-refractivity contribution is 6.50. The molecular formula is C38H23N5O2. The van der Waals surface area contributed by atoms with Crippen molar-refractivity contribution in [2.45, 2.75) is 0 Å². The zero-order valence-electron chi connectivity index (χ0n) is 23.8. The number of rotatable bonds is 2. The summed E-state index contributed by atoms with van der Waals surface area (Å²) < 4.78 is 0. The number of aromatic nitrogens is 2. The second-order valence-electron chi connectivity index (χ2n) is 11.1. The first-order valence-corrected chi connectivity index (χ1v) is 14.7. The fourth-order valence-corrected chi connectivity index (χ4v) is 6.61. The second kappa shape index (κ2) is 9.59.